The van der Waals surface area contributed by atoms with Crippen molar-refractivity contribution in [3.8, 4) is 5.75 Å². The zero-order valence-electron chi connectivity index (χ0n) is 20.2. The van der Waals surface area contributed by atoms with Crippen molar-refractivity contribution in [1.29, 1.82) is 0 Å². The maximum atomic E-state index is 6.32. The van der Waals surface area contributed by atoms with E-state index in [1.54, 1.807) is 0 Å². The second-order valence-corrected chi connectivity index (χ2v) is 9.67. The molecule has 0 aromatic heterocycles. The molecular formula is C31H29N2O+. The number of ether oxygens (including phenoxy) is 1. The highest BCUT2D eigenvalue weighted by Crippen LogP contribution is 2.47. The molecule has 0 bridgehead atoms. The first kappa shape index (κ1) is 20.7. The Morgan fingerprint density at radius 2 is 1.65 bits per heavy atom. The zero-order chi connectivity index (χ0) is 23.4. The van der Waals surface area contributed by atoms with Crippen LogP contribution in [0.25, 0.3) is 10.8 Å². The number of hydrogen-bond acceptors (Lipinski definition) is 2. The van der Waals surface area contributed by atoms with E-state index in [-0.39, 0.29) is 5.41 Å². The van der Waals surface area contributed by atoms with Gasteiger partial charge in [-0.25, -0.2) is 0 Å². The molecule has 0 saturated carbocycles. The van der Waals surface area contributed by atoms with Crippen molar-refractivity contribution < 1.29 is 9.31 Å². The fourth-order valence-electron chi connectivity index (χ4n) is 5.74. The first-order chi connectivity index (χ1) is 16.5. The minimum absolute atomic E-state index is 0.219. The van der Waals surface area contributed by atoms with Crippen LogP contribution in [0.1, 0.15) is 23.6 Å². The van der Waals surface area contributed by atoms with Crippen molar-refractivity contribution in [2.24, 2.45) is 0 Å². The maximum Gasteiger partial charge on any atom is 0.210 e. The molecule has 3 nitrogen and oxygen atoms in total. The van der Waals surface area contributed by atoms with E-state index in [1.165, 1.54) is 38.9 Å². The lowest BCUT2D eigenvalue weighted by molar-refractivity contribution is -0.401. The summed E-state index contributed by atoms with van der Waals surface area (Å²) < 4.78 is 8.68. The Labute approximate surface area is 201 Å². The Morgan fingerprint density at radius 1 is 0.912 bits per heavy atom. The molecule has 2 heterocycles. The monoisotopic (exact) mass is 445 g/mol. The number of allylic oxidation sites excluding steroid dienone is 1. The van der Waals surface area contributed by atoms with E-state index in [2.05, 4.69) is 116 Å². The molecular weight excluding hydrogens is 416 g/mol. The summed E-state index contributed by atoms with van der Waals surface area (Å²) in [4.78, 5) is 2.14. The number of para-hydroxylation sites is 2. The van der Waals surface area contributed by atoms with Crippen LogP contribution in [0.15, 0.2) is 96.9 Å². The molecule has 2 aliphatic heterocycles. The van der Waals surface area contributed by atoms with Crippen molar-refractivity contribution in [3.63, 3.8) is 0 Å². The van der Waals surface area contributed by atoms with E-state index < -0.39 is 0 Å². The number of hydrogen-bond donors (Lipinski definition) is 0. The number of benzene rings is 4. The van der Waals surface area contributed by atoms with Crippen LogP contribution in [0.5, 0.6) is 5.75 Å². The lowest BCUT2D eigenvalue weighted by Gasteiger charge is -2.25. The van der Waals surface area contributed by atoms with Gasteiger partial charge in [0.1, 0.15) is 7.05 Å². The number of nitrogens with zero attached hydrogens (tertiary/aromatic N) is 2. The van der Waals surface area contributed by atoms with Crippen LogP contribution in [-0.4, -0.2) is 24.4 Å². The van der Waals surface area contributed by atoms with Gasteiger partial charge in [-0.2, -0.15) is 4.58 Å². The third-order valence-electron chi connectivity index (χ3n) is 7.58. The number of anilines is 1. The van der Waals surface area contributed by atoms with Crippen LogP contribution in [0.3, 0.4) is 0 Å². The van der Waals surface area contributed by atoms with Crippen LogP contribution in [0.4, 0.5) is 11.4 Å². The van der Waals surface area contributed by atoms with Crippen molar-refractivity contribution in [3.05, 3.63) is 114 Å². The van der Waals surface area contributed by atoms with E-state index in [9.17, 15) is 0 Å². The molecule has 0 aliphatic carbocycles. The minimum Gasteiger partial charge on any atom is -0.438 e. The SMILES string of the molecule is Cc1ccccc1CC1(C)C(/C=C2\Oc3ccccc3N2C)=[N+](C)c2ccc3ccccc3c21. The van der Waals surface area contributed by atoms with E-state index in [4.69, 9.17) is 4.74 Å². The summed E-state index contributed by atoms with van der Waals surface area (Å²) >= 11 is 0. The molecule has 1 unspecified atom stereocenters. The first-order valence-corrected chi connectivity index (χ1v) is 11.9. The van der Waals surface area contributed by atoms with Crippen molar-refractivity contribution in [2.75, 3.05) is 19.0 Å². The predicted octanol–water partition coefficient (Wildman–Crippen LogP) is 6.75. The highest BCUT2D eigenvalue weighted by molar-refractivity contribution is 6.08. The molecule has 3 heteroatoms. The summed E-state index contributed by atoms with van der Waals surface area (Å²) in [6, 6.07) is 30.2. The Morgan fingerprint density at radius 3 is 2.47 bits per heavy atom. The summed E-state index contributed by atoms with van der Waals surface area (Å²) in [7, 11) is 4.26. The van der Waals surface area contributed by atoms with Gasteiger partial charge in [0.2, 0.25) is 11.6 Å². The Hall–Kier alpha value is -3.85. The van der Waals surface area contributed by atoms with Gasteiger partial charge in [-0.3, -0.25) is 0 Å². The molecule has 4 aromatic carbocycles. The van der Waals surface area contributed by atoms with Gasteiger partial charge in [0, 0.05) is 18.7 Å². The first-order valence-electron chi connectivity index (χ1n) is 11.9. The maximum absolute atomic E-state index is 6.32. The summed E-state index contributed by atoms with van der Waals surface area (Å²) in [6.45, 7) is 4.60. The van der Waals surface area contributed by atoms with Gasteiger partial charge in [-0.05, 0) is 60.4 Å². The average Bonchev–Trinajstić information content (AvgIpc) is 3.28. The third kappa shape index (κ3) is 3.00. The second kappa shape index (κ2) is 7.59. The lowest BCUT2D eigenvalue weighted by Crippen LogP contribution is -2.34. The average molecular weight is 446 g/mol. The molecule has 0 radical (unpaired) electrons. The molecule has 0 N–H and O–H groups in total. The van der Waals surface area contributed by atoms with Gasteiger partial charge in [0.05, 0.1) is 17.2 Å². The Balaban J connectivity index is 1.56. The normalized spacial score (nSPS) is 20.1. The number of fused-ring (bicyclic) bond motifs is 4. The van der Waals surface area contributed by atoms with Crippen LogP contribution >= 0.6 is 0 Å². The van der Waals surface area contributed by atoms with E-state index in [1.807, 2.05) is 12.1 Å². The van der Waals surface area contributed by atoms with Crippen LogP contribution in [0, 0.1) is 6.92 Å². The molecule has 1 atom stereocenters. The second-order valence-electron chi connectivity index (χ2n) is 9.67. The van der Waals surface area contributed by atoms with Gasteiger partial charge in [-0.1, -0.05) is 60.7 Å². The van der Waals surface area contributed by atoms with Crippen molar-refractivity contribution >= 4 is 27.9 Å². The molecule has 0 amide bonds. The molecule has 0 fully saturated rings. The molecule has 0 spiro atoms. The molecule has 34 heavy (non-hydrogen) atoms. The zero-order valence-corrected chi connectivity index (χ0v) is 20.2. The summed E-state index contributed by atoms with van der Waals surface area (Å²) in [6.07, 6.45) is 3.16. The fraction of sp³-hybridized carbons (Fsp3) is 0.194. The molecule has 0 saturated heterocycles. The van der Waals surface area contributed by atoms with Crippen LogP contribution in [-0.2, 0) is 11.8 Å². The smallest absolute Gasteiger partial charge is 0.210 e. The number of rotatable bonds is 3. The summed E-state index contributed by atoms with van der Waals surface area (Å²) in [5.41, 5.74) is 7.48. The van der Waals surface area contributed by atoms with Crippen LogP contribution in [0.2, 0.25) is 0 Å². The van der Waals surface area contributed by atoms with E-state index in [0.717, 1.165) is 23.7 Å². The van der Waals surface area contributed by atoms with Crippen molar-refractivity contribution in [1.82, 2.24) is 0 Å². The number of aryl methyl sites for hydroxylation is 1. The van der Waals surface area contributed by atoms with Gasteiger partial charge in [0.15, 0.2) is 11.5 Å². The largest absolute Gasteiger partial charge is 0.438 e. The predicted molar refractivity (Wildman–Crippen MR) is 141 cm³/mol. The Bertz CT molecular complexity index is 1510. The van der Waals surface area contributed by atoms with Crippen molar-refractivity contribution in [2.45, 2.75) is 25.7 Å². The van der Waals surface area contributed by atoms with E-state index in [0.29, 0.717) is 0 Å². The lowest BCUT2D eigenvalue weighted by atomic mass is 9.72. The Kier molecular flexibility index (Phi) is 4.63. The van der Waals surface area contributed by atoms with Gasteiger partial charge in [0.25, 0.3) is 0 Å². The van der Waals surface area contributed by atoms with Crippen LogP contribution < -0.4 is 9.64 Å². The fourth-order valence-corrected chi connectivity index (χ4v) is 5.74. The summed E-state index contributed by atoms with van der Waals surface area (Å²) in [5.74, 6) is 1.76. The topological polar surface area (TPSA) is 15.5 Å². The molecule has 2 aliphatic rings. The minimum atomic E-state index is -0.219. The standard InChI is InChI=1S/C31H29N2O/c1-21-11-5-6-13-23(21)20-31(2)28(19-29-33(4)25-15-9-10-16-27(25)34-29)32(3)26-18-17-22-12-7-8-14-24(22)30(26)31/h5-19H,20H2,1-4H3/q+1. The summed E-state index contributed by atoms with van der Waals surface area (Å²) in [5, 5.41) is 2.60. The highest BCUT2D eigenvalue weighted by atomic mass is 16.5. The van der Waals surface area contributed by atoms with Gasteiger partial charge >= 0.3 is 0 Å². The quantitative estimate of drug-likeness (QED) is 0.324. The van der Waals surface area contributed by atoms with E-state index >= 15 is 0 Å². The highest BCUT2D eigenvalue weighted by Gasteiger charge is 2.49. The van der Waals surface area contributed by atoms with Gasteiger partial charge < -0.3 is 9.64 Å². The van der Waals surface area contributed by atoms with Gasteiger partial charge in [-0.15, -0.1) is 0 Å². The molecule has 4 aromatic rings. The third-order valence-corrected chi connectivity index (χ3v) is 7.58. The molecule has 168 valence electrons. The molecule has 6 rings (SSSR count).